The van der Waals surface area contributed by atoms with Crippen LogP contribution in [0.15, 0.2) is 30.4 Å². The fraction of sp³-hybridized carbons (Fsp3) is 0.641. The number of aliphatic hydroxyl groups is 1. The van der Waals surface area contributed by atoms with E-state index in [4.69, 9.17) is 4.74 Å². The van der Waals surface area contributed by atoms with Gasteiger partial charge in [0.15, 0.2) is 6.29 Å². The summed E-state index contributed by atoms with van der Waals surface area (Å²) in [6.45, 7) is 2.89. The Kier molecular flexibility index (Phi) is 14.4. The molecule has 1 saturated carbocycles. The smallest absolute Gasteiger partial charge is 0.248 e. The van der Waals surface area contributed by atoms with E-state index < -0.39 is 96.2 Å². The van der Waals surface area contributed by atoms with E-state index in [1.165, 1.54) is 41.7 Å². The number of benzene rings is 1. The van der Waals surface area contributed by atoms with Crippen LogP contribution in [0.2, 0.25) is 0 Å². The number of rotatable bonds is 7. The molecule has 3 aliphatic heterocycles. The van der Waals surface area contributed by atoms with Crippen LogP contribution >= 0.6 is 0 Å². The molecule has 4 N–H and O–H groups in total. The monoisotopic (exact) mass is 772 g/mol. The van der Waals surface area contributed by atoms with Crippen molar-refractivity contribution in [3.63, 3.8) is 0 Å². The minimum absolute atomic E-state index is 0.0771. The van der Waals surface area contributed by atoms with Gasteiger partial charge in [-0.2, -0.15) is 0 Å². The second kappa shape index (κ2) is 18.9. The minimum Gasteiger partial charge on any atom is -0.366 e. The van der Waals surface area contributed by atoms with Gasteiger partial charge in [-0.3, -0.25) is 28.8 Å². The van der Waals surface area contributed by atoms with Crippen LogP contribution in [-0.2, 0) is 39.9 Å². The molecule has 0 spiro atoms. The largest absolute Gasteiger partial charge is 0.366 e. The summed E-state index contributed by atoms with van der Waals surface area (Å²) >= 11 is 0. The zero-order valence-electron chi connectivity index (χ0n) is 31.8. The van der Waals surface area contributed by atoms with E-state index in [0.29, 0.717) is 25.3 Å². The van der Waals surface area contributed by atoms with Crippen LogP contribution in [0.1, 0.15) is 83.6 Å². The Hall–Kier alpha value is -4.44. The highest BCUT2D eigenvalue weighted by Crippen LogP contribution is 2.26. The fourth-order valence-corrected chi connectivity index (χ4v) is 7.97. The summed E-state index contributed by atoms with van der Waals surface area (Å²) in [5, 5.41) is 19.1. The van der Waals surface area contributed by atoms with E-state index in [1.807, 2.05) is 6.08 Å². The maximum atomic E-state index is 14.3. The van der Waals surface area contributed by atoms with Crippen LogP contribution in [0, 0.1) is 17.6 Å². The predicted octanol–water partition coefficient (Wildman–Crippen LogP) is 1.69. The van der Waals surface area contributed by atoms with Crippen LogP contribution in [0.4, 0.5) is 8.78 Å². The number of allylic oxidation sites excluding steroid dienone is 1. The number of carbonyl (C=O) groups is 6. The van der Waals surface area contributed by atoms with Gasteiger partial charge in [0.1, 0.15) is 41.8 Å². The molecule has 1 aliphatic carbocycles. The molecule has 1 aromatic carbocycles. The van der Waals surface area contributed by atoms with Gasteiger partial charge in [0.25, 0.3) is 0 Å². The zero-order chi connectivity index (χ0) is 39.8. The van der Waals surface area contributed by atoms with E-state index in [9.17, 15) is 42.7 Å². The molecule has 4 fully saturated rings. The third-order valence-corrected chi connectivity index (χ3v) is 11.2. The summed E-state index contributed by atoms with van der Waals surface area (Å²) in [4.78, 5) is 86.0. The number of amides is 6. The standard InChI is InChI=1S/C39H54F2N6O8/c1-23-36(51)47-17-9-13-32(47)39(54)55-22-30(37(52)46-16-8-12-31(46)38(53)45(3)24(2)34(49)42-23)44-35(50)29(20-26-18-27(40)21-28(41)19-26)43-33(48)15-14-25-10-6-4-5-7-11-25/h14-15,18-19,21,23-25,29-32,39,54H,4-13,16-17,20,22H2,1-3H3,(H,42,49)(H,43,48)(H,44,50)/b15-14+/t23-,24-,29-,30-,31-,32-,39?/m0/s1. The van der Waals surface area contributed by atoms with E-state index in [-0.39, 0.29) is 37.4 Å². The molecule has 6 amide bonds. The van der Waals surface area contributed by atoms with Crippen LogP contribution in [0.5, 0.6) is 0 Å². The average Bonchev–Trinajstić information content (AvgIpc) is 3.77. The Morgan fingerprint density at radius 1 is 0.909 bits per heavy atom. The van der Waals surface area contributed by atoms with Gasteiger partial charge in [0, 0.05) is 32.6 Å². The second-order valence-corrected chi connectivity index (χ2v) is 15.2. The van der Waals surface area contributed by atoms with Crippen molar-refractivity contribution < 1.29 is 47.4 Å². The molecule has 7 atom stereocenters. The van der Waals surface area contributed by atoms with Crippen LogP contribution in [-0.4, -0.2) is 125 Å². The highest BCUT2D eigenvalue weighted by Gasteiger charge is 2.43. The number of aliphatic hydroxyl groups excluding tert-OH is 1. The van der Waals surface area contributed by atoms with Crippen molar-refractivity contribution in [3.05, 3.63) is 47.5 Å². The van der Waals surface area contributed by atoms with E-state index >= 15 is 0 Å². The third-order valence-electron chi connectivity index (χ3n) is 11.2. The summed E-state index contributed by atoms with van der Waals surface area (Å²) in [7, 11) is 1.44. The minimum atomic E-state index is -1.59. The first kappa shape index (κ1) is 41.7. The van der Waals surface area contributed by atoms with E-state index in [2.05, 4.69) is 16.0 Å². The highest BCUT2D eigenvalue weighted by molar-refractivity contribution is 5.97. The van der Waals surface area contributed by atoms with Crippen molar-refractivity contribution >= 4 is 35.4 Å². The van der Waals surface area contributed by atoms with Crippen LogP contribution in [0.3, 0.4) is 0 Å². The summed E-state index contributed by atoms with van der Waals surface area (Å²) in [5.41, 5.74) is 0.0771. The Labute approximate surface area is 320 Å². The number of fused-ring (bicyclic) bond motifs is 2. The van der Waals surface area contributed by atoms with Crippen molar-refractivity contribution in [2.24, 2.45) is 5.92 Å². The number of halogens is 2. The molecular weight excluding hydrogens is 718 g/mol. The Morgan fingerprint density at radius 2 is 1.56 bits per heavy atom. The lowest BCUT2D eigenvalue weighted by Gasteiger charge is -2.35. The van der Waals surface area contributed by atoms with E-state index in [0.717, 1.165) is 50.7 Å². The SMILES string of the molecule is C[C@@H]1NC(=O)[C@H](C)N(C)C(=O)[C@@H]2CCCN2C(=O)[C@@H](NC(=O)[C@H](Cc2cc(F)cc(F)c2)NC(=O)/C=C/C2CCCCCC2)COC(O)[C@@H]2CCCN2C1=O. The van der Waals surface area contributed by atoms with Crippen LogP contribution in [0.25, 0.3) is 0 Å². The molecule has 14 nitrogen and oxygen atoms in total. The number of nitrogens with zero attached hydrogens (tertiary/aromatic N) is 3. The molecule has 5 rings (SSSR count). The normalized spacial score (nSPS) is 28.4. The molecule has 3 heterocycles. The van der Waals surface area contributed by atoms with Gasteiger partial charge >= 0.3 is 0 Å². The molecule has 1 aromatic rings. The van der Waals surface area contributed by atoms with Crippen LogP contribution < -0.4 is 16.0 Å². The second-order valence-electron chi connectivity index (χ2n) is 15.2. The molecule has 0 aromatic heterocycles. The maximum Gasteiger partial charge on any atom is 0.248 e. The summed E-state index contributed by atoms with van der Waals surface area (Å²) in [6, 6.07) is -3.91. The van der Waals surface area contributed by atoms with Gasteiger partial charge in [-0.15, -0.1) is 0 Å². The first-order chi connectivity index (χ1) is 26.2. The van der Waals surface area contributed by atoms with E-state index in [1.54, 1.807) is 0 Å². The molecule has 3 saturated heterocycles. The number of hydrogen-bond donors (Lipinski definition) is 4. The quantitative estimate of drug-likeness (QED) is 0.239. The number of carbonyl (C=O) groups excluding carboxylic acids is 6. The average molecular weight is 773 g/mol. The van der Waals surface area contributed by atoms with Crippen molar-refractivity contribution in [2.45, 2.75) is 127 Å². The number of ether oxygens (including phenoxy) is 1. The first-order valence-electron chi connectivity index (χ1n) is 19.4. The van der Waals surface area contributed by atoms with Gasteiger partial charge in [0.2, 0.25) is 35.4 Å². The number of nitrogens with one attached hydrogen (secondary N) is 3. The number of likely N-dealkylation sites (N-methyl/N-ethyl adjacent to an activating group) is 1. The van der Waals surface area contributed by atoms with Gasteiger partial charge in [0.05, 0.1) is 12.6 Å². The van der Waals surface area contributed by atoms with Gasteiger partial charge < -0.3 is 40.5 Å². The highest BCUT2D eigenvalue weighted by atomic mass is 19.1. The Balaban J connectivity index is 1.43. The van der Waals surface area contributed by atoms with Crippen molar-refractivity contribution in [2.75, 3.05) is 26.7 Å². The first-order valence-corrected chi connectivity index (χ1v) is 19.4. The van der Waals surface area contributed by atoms with Crippen molar-refractivity contribution in [3.8, 4) is 0 Å². The molecule has 4 aliphatic rings. The van der Waals surface area contributed by atoms with Crippen molar-refractivity contribution in [1.82, 2.24) is 30.7 Å². The summed E-state index contributed by atoms with van der Waals surface area (Å²) in [5.74, 6) is -5.31. The molecule has 55 heavy (non-hydrogen) atoms. The predicted molar refractivity (Wildman–Crippen MR) is 196 cm³/mol. The maximum absolute atomic E-state index is 14.3. The zero-order valence-corrected chi connectivity index (χ0v) is 31.8. The Bertz CT molecular complexity index is 1600. The summed E-state index contributed by atoms with van der Waals surface area (Å²) < 4.78 is 34.3. The topological polar surface area (TPSA) is 178 Å². The van der Waals surface area contributed by atoms with Gasteiger partial charge in [-0.1, -0.05) is 31.8 Å². The Morgan fingerprint density at radius 3 is 2.25 bits per heavy atom. The van der Waals surface area contributed by atoms with Gasteiger partial charge in [-0.05, 0) is 82.1 Å². The van der Waals surface area contributed by atoms with Gasteiger partial charge in [-0.25, -0.2) is 8.78 Å². The summed E-state index contributed by atoms with van der Waals surface area (Å²) in [6.07, 6.45) is 9.06. The lowest BCUT2D eigenvalue weighted by molar-refractivity contribution is -0.165. The fourth-order valence-electron chi connectivity index (χ4n) is 7.97. The lowest BCUT2D eigenvalue weighted by atomic mass is 10.00. The molecule has 0 radical (unpaired) electrons. The molecule has 1 unspecified atom stereocenters. The molecule has 302 valence electrons. The van der Waals surface area contributed by atoms with Crippen molar-refractivity contribution in [1.29, 1.82) is 0 Å². The number of hydrogen-bond acceptors (Lipinski definition) is 8. The molecule has 0 bridgehead atoms. The lowest BCUT2D eigenvalue weighted by Crippen LogP contribution is -2.60. The molecule has 16 heteroatoms. The third kappa shape index (κ3) is 10.7. The molecular formula is C39H54F2N6O8.